The molecule has 0 heterocycles. The maximum Gasteiger partial charge on any atom is 1.00 e. The van der Waals surface area contributed by atoms with E-state index in [1.165, 1.54) is 7.11 Å². The molecule has 0 saturated heterocycles. The summed E-state index contributed by atoms with van der Waals surface area (Å²) in [6, 6.07) is 5.27. The van der Waals surface area contributed by atoms with Crippen molar-refractivity contribution in [3.8, 4) is 11.5 Å². The summed E-state index contributed by atoms with van der Waals surface area (Å²) >= 11 is 0. The Morgan fingerprint density at radius 3 is 2.85 bits per heavy atom. The van der Waals surface area contributed by atoms with Crippen LogP contribution in [0, 0.1) is 0 Å². The molecule has 0 aromatic heterocycles. The molecule has 3 heteroatoms. The fraction of sp³-hybridized carbons (Fsp3) is 0.200. The SMILES string of the molecule is C=CCc1ccc(O)c(OC)c1.[H-].[K+]. The molecule has 1 aromatic rings. The number of methoxy groups -OCH3 is 1. The van der Waals surface area contributed by atoms with Crippen molar-refractivity contribution < 1.29 is 62.7 Å². The van der Waals surface area contributed by atoms with Crippen LogP contribution in [0.5, 0.6) is 11.5 Å². The van der Waals surface area contributed by atoms with E-state index in [4.69, 9.17) is 4.74 Å². The van der Waals surface area contributed by atoms with Gasteiger partial charge in [-0.2, -0.15) is 0 Å². The van der Waals surface area contributed by atoms with Gasteiger partial charge in [0.25, 0.3) is 0 Å². The molecule has 0 unspecified atom stereocenters. The third-order valence-electron chi connectivity index (χ3n) is 1.62. The van der Waals surface area contributed by atoms with Crippen LogP contribution >= 0.6 is 0 Å². The largest absolute Gasteiger partial charge is 1.00 e. The van der Waals surface area contributed by atoms with E-state index < -0.39 is 0 Å². The minimum Gasteiger partial charge on any atom is -1.00 e. The quantitative estimate of drug-likeness (QED) is 0.518. The van der Waals surface area contributed by atoms with Crippen LogP contribution in [0.4, 0.5) is 0 Å². The molecular weight excluding hydrogens is 191 g/mol. The van der Waals surface area contributed by atoms with Crippen LogP contribution in [-0.4, -0.2) is 12.2 Å². The van der Waals surface area contributed by atoms with Gasteiger partial charge in [0.2, 0.25) is 0 Å². The van der Waals surface area contributed by atoms with Gasteiger partial charge in [-0.05, 0) is 24.1 Å². The second kappa shape index (κ2) is 6.62. The molecular formula is C10H13KO2. The fourth-order valence-corrected chi connectivity index (χ4v) is 1.02. The Morgan fingerprint density at radius 1 is 1.62 bits per heavy atom. The van der Waals surface area contributed by atoms with Crippen LogP contribution in [0.1, 0.15) is 6.99 Å². The maximum atomic E-state index is 9.25. The number of aromatic hydroxyl groups is 1. The van der Waals surface area contributed by atoms with E-state index in [1.54, 1.807) is 12.1 Å². The summed E-state index contributed by atoms with van der Waals surface area (Å²) in [6.07, 6.45) is 2.60. The van der Waals surface area contributed by atoms with Crippen molar-refractivity contribution in [2.45, 2.75) is 6.42 Å². The zero-order valence-corrected chi connectivity index (χ0v) is 11.2. The van der Waals surface area contributed by atoms with Crippen molar-refractivity contribution in [2.75, 3.05) is 7.11 Å². The zero-order valence-electron chi connectivity index (χ0n) is 9.08. The monoisotopic (exact) mass is 204 g/mol. The summed E-state index contributed by atoms with van der Waals surface area (Å²) in [5.41, 5.74) is 1.08. The van der Waals surface area contributed by atoms with Gasteiger partial charge in [0, 0.05) is 0 Å². The zero-order chi connectivity index (χ0) is 8.97. The van der Waals surface area contributed by atoms with Crippen molar-refractivity contribution in [1.29, 1.82) is 0 Å². The number of phenolic OH excluding ortho intramolecular Hbond substituents is 1. The summed E-state index contributed by atoms with van der Waals surface area (Å²) in [5, 5.41) is 9.25. The number of ether oxygens (including phenoxy) is 1. The van der Waals surface area contributed by atoms with Gasteiger partial charge in [0.15, 0.2) is 11.5 Å². The van der Waals surface area contributed by atoms with Crippen molar-refractivity contribution >= 4 is 0 Å². The third kappa shape index (κ3) is 3.83. The molecule has 13 heavy (non-hydrogen) atoms. The van der Waals surface area contributed by atoms with Gasteiger partial charge >= 0.3 is 51.4 Å². The summed E-state index contributed by atoms with van der Waals surface area (Å²) < 4.78 is 4.95. The van der Waals surface area contributed by atoms with E-state index in [2.05, 4.69) is 6.58 Å². The van der Waals surface area contributed by atoms with Crippen molar-refractivity contribution in [3.63, 3.8) is 0 Å². The summed E-state index contributed by atoms with van der Waals surface area (Å²) in [5.74, 6) is 0.680. The molecule has 0 aliphatic carbocycles. The maximum absolute atomic E-state index is 9.25. The molecule has 0 radical (unpaired) electrons. The van der Waals surface area contributed by atoms with Gasteiger partial charge in [0.05, 0.1) is 7.11 Å². The normalized spacial score (nSPS) is 8.69. The number of hydrogen-bond donors (Lipinski definition) is 1. The van der Waals surface area contributed by atoms with Crippen LogP contribution < -0.4 is 56.1 Å². The first-order valence-electron chi connectivity index (χ1n) is 3.74. The molecule has 2 nitrogen and oxygen atoms in total. The molecule has 0 amide bonds. The van der Waals surface area contributed by atoms with Crippen LogP contribution in [0.15, 0.2) is 30.9 Å². The van der Waals surface area contributed by atoms with E-state index in [0.717, 1.165) is 12.0 Å². The molecule has 66 valence electrons. The summed E-state index contributed by atoms with van der Waals surface area (Å²) in [7, 11) is 1.53. The molecule has 0 fully saturated rings. The Labute approximate surface area is 123 Å². The second-order valence-corrected chi connectivity index (χ2v) is 2.50. The topological polar surface area (TPSA) is 29.5 Å². The summed E-state index contributed by atoms with van der Waals surface area (Å²) in [4.78, 5) is 0. The Bertz CT molecular complexity index is 289. The Balaban J connectivity index is 0. The van der Waals surface area contributed by atoms with E-state index >= 15 is 0 Å². The molecule has 0 atom stereocenters. The average Bonchev–Trinajstić information content (AvgIpc) is 2.09. The Kier molecular flexibility index (Phi) is 6.72. The molecule has 0 bridgehead atoms. The molecule has 1 N–H and O–H groups in total. The van der Waals surface area contributed by atoms with Gasteiger partial charge < -0.3 is 11.3 Å². The minimum atomic E-state index is 0. The van der Waals surface area contributed by atoms with Gasteiger partial charge in [-0.1, -0.05) is 12.1 Å². The van der Waals surface area contributed by atoms with Crippen molar-refractivity contribution in [1.82, 2.24) is 0 Å². The number of benzene rings is 1. The average molecular weight is 204 g/mol. The van der Waals surface area contributed by atoms with E-state index in [9.17, 15) is 5.11 Å². The predicted molar refractivity (Wildman–Crippen MR) is 49.7 cm³/mol. The van der Waals surface area contributed by atoms with Gasteiger partial charge in [-0.25, -0.2) is 0 Å². The molecule has 0 saturated carbocycles. The van der Waals surface area contributed by atoms with Crippen molar-refractivity contribution in [2.24, 2.45) is 0 Å². The van der Waals surface area contributed by atoms with Crippen molar-refractivity contribution in [3.05, 3.63) is 36.4 Å². The number of allylic oxidation sites excluding steroid dienone is 1. The van der Waals surface area contributed by atoms with Gasteiger partial charge in [-0.15, -0.1) is 6.58 Å². The standard InChI is InChI=1S/C10H12O2.K.H/c1-3-4-8-5-6-9(11)10(7-8)12-2;;/h3,5-7,11H,1,4H2,2H3;;/q;+1;-1. The Hall–Kier alpha value is 0.196. The number of phenols is 1. The first kappa shape index (κ1) is 13.2. The number of hydrogen-bond acceptors (Lipinski definition) is 2. The predicted octanol–water partition coefficient (Wildman–Crippen LogP) is -0.754. The van der Waals surface area contributed by atoms with Crippen LogP contribution in [0.25, 0.3) is 0 Å². The second-order valence-electron chi connectivity index (χ2n) is 2.50. The molecule has 1 rings (SSSR count). The molecule has 0 spiro atoms. The molecule has 0 aliphatic heterocycles. The van der Waals surface area contributed by atoms with E-state index in [1.807, 2.05) is 12.1 Å². The Morgan fingerprint density at radius 2 is 2.31 bits per heavy atom. The summed E-state index contributed by atoms with van der Waals surface area (Å²) in [6.45, 7) is 3.63. The third-order valence-corrected chi connectivity index (χ3v) is 1.62. The van der Waals surface area contributed by atoms with Crippen LogP contribution in [-0.2, 0) is 6.42 Å². The van der Waals surface area contributed by atoms with E-state index in [-0.39, 0.29) is 58.6 Å². The van der Waals surface area contributed by atoms with Crippen LogP contribution in [0.3, 0.4) is 0 Å². The first-order chi connectivity index (χ1) is 5.77. The van der Waals surface area contributed by atoms with Gasteiger partial charge in [-0.3, -0.25) is 0 Å². The number of rotatable bonds is 3. The van der Waals surface area contributed by atoms with Crippen LogP contribution in [0.2, 0.25) is 0 Å². The first-order valence-corrected chi connectivity index (χ1v) is 3.74. The smallest absolute Gasteiger partial charge is 1.00 e. The fourth-order valence-electron chi connectivity index (χ4n) is 1.02. The minimum absolute atomic E-state index is 0. The molecule has 0 aliphatic rings. The van der Waals surface area contributed by atoms with E-state index in [0.29, 0.717) is 5.75 Å². The van der Waals surface area contributed by atoms with Gasteiger partial charge in [0.1, 0.15) is 0 Å². The molecule has 1 aromatic carbocycles.